The van der Waals surface area contributed by atoms with Crippen molar-refractivity contribution in [3.8, 4) is 10.8 Å². The van der Waals surface area contributed by atoms with E-state index in [2.05, 4.69) is 124 Å². The lowest BCUT2D eigenvalue weighted by atomic mass is 10.1. The third-order valence-electron chi connectivity index (χ3n) is 6.96. The second kappa shape index (κ2) is 7.05. The van der Waals surface area contributed by atoms with E-state index in [1.807, 2.05) is 0 Å². The standard InChI is InChI=1S/C31H19N3S/c1-2-10-20(11-3-1)33-25-15-7-4-12-21(25)22-18-19-27-29(30(22)33)23-13-5-8-16-26(23)34(27)31-32-24-14-6-9-17-28(24)35-31/h1-19H. The zero-order valence-electron chi connectivity index (χ0n) is 18.7. The monoisotopic (exact) mass is 465 g/mol. The van der Waals surface area contributed by atoms with Crippen LogP contribution in [0.25, 0.3) is 64.6 Å². The summed E-state index contributed by atoms with van der Waals surface area (Å²) in [5.41, 5.74) is 7.03. The number of hydrogen-bond donors (Lipinski definition) is 0. The summed E-state index contributed by atoms with van der Waals surface area (Å²) in [6, 6.07) is 41.0. The van der Waals surface area contributed by atoms with Crippen LogP contribution < -0.4 is 0 Å². The van der Waals surface area contributed by atoms with Crippen molar-refractivity contribution in [1.29, 1.82) is 0 Å². The van der Waals surface area contributed by atoms with Crippen molar-refractivity contribution >= 4 is 65.2 Å². The molecule has 0 spiro atoms. The predicted octanol–water partition coefficient (Wildman–Crippen LogP) is 8.49. The molecule has 164 valence electrons. The van der Waals surface area contributed by atoms with Crippen molar-refractivity contribution in [1.82, 2.24) is 14.1 Å². The minimum atomic E-state index is 0.999. The molecule has 3 nitrogen and oxygen atoms in total. The highest BCUT2D eigenvalue weighted by Gasteiger charge is 2.21. The van der Waals surface area contributed by atoms with Gasteiger partial charge < -0.3 is 4.57 Å². The smallest absolute Gasteiger partial charge is 0.195 e. The van der Waals surface area contributed by atoms with Crippen molar-refractivity contribution < 1.29 is 0 Å². The molecule has 0 N–H and O–H groups in total. The van der Waals surface area contributed by atoms with E-state index in [9.17, 15) is 0 Å². The number of para-hydroxylation sites is 4. The van der Waals surface area contributed by atoms with Crippen molar-refractivity contribution in [2.75, 3.05) is 0 Å². The molecule has 0 radical (unpaired) electrons. The quantitative estimate of drug-likeness (QED) is 0.251. The molecule has 3 heterocycles. The van der Waals surface area contributed by atoms with E-state index in [4.69, 9.17) is 4.98 Å². The molecule has 8 aromatic rings. The van der Waals surface area contributed by atoms with E-state index in [-0.39, 0.29) is 0 Å². The van der Waals surface area contributed by atoms with Gasteiger partial charge in [-0.25, -0.2) is 4.98 Å². The third-order valence-corrected chi connectivity index (χ3v) is 7.98. The Kier molecular flexibility index (Phi) is 3.82. The zero-order chi connectivity index (χ0) is 22.9. The van der Waals surface area contributed by atoms with Crippen LogP contribution in [-0.4, -0.2) is 14.1 Å². The summed E-state index contributed by atoms with van der Waals surface area (Å²) in [7, 11) is 0. The average Bonchev–Trinajstić information content (AvgIpc) is 3.58. The van der Waals surface area contributed by atoms with Gasteiger partial charge in [-0.3, -0.25) is 4.57 Å². The fourth-order valence-corrected chi connectivity index (χ4v) is 6.51. The van der Waals surface area contributed by atoms with Crippen molar-refractivity contribution in [2.24, 2.45) is 0 Å². The molecule has 0 aliphatic heterocycles. The van der Waals surface area contributed by atoms with Crippen LogP contribution in [0.2, 0.25) is 0 Å². The van der Waals surface area contributed by atoms with Gasteiger partial charge in [-0.2, -0.15) is 0 Å². The van der Waals surface area contributed by atoms with Crippen LogP contribution in [0.1, 0.15) is 0 Å². The Hall–Kier alpha value is -4.41. The van der Waals surface area contributed by atoms with Crippen molar-refractivity contribution in [3.63, 3.8) is 0 Å². The summed E-state index contributed by atoms with van der Waals surface area (Å²) < 4.78 is 5.96. The highest BCUT2D eigenvalue weighted by Crippen LogP contribution is 2.42. The summed E-state index contributed by atoms with van der Waals surface area (Å²) in [6.07, 6.45) is 0. The van der Waals surface area contributed by atoms with Gasteiger partial charge in [0.1, 0.15) is 0 Å². The highest BCUT2D eigenvalue weighted by atomic mass is 32.1. The Labute approximate surface area is 205 Å². The van der Waals surface area contributed by atoms with Gasteiger partial charge in [0.05, 0.1) is 32.3 Å². The van der Waals surface area contributed by atoms with Gasteiger partial charge in [-0.15, -0.1) is 0 Å². The normalized spacial score (nSPS) is 12.0. The summed E-state index contributed by atoms with van der Waals surface area (Å²) in [4.78, 5) is 5.03. The van der Waals surface area contributed by atoms with Gasteiger partial charge in [0.25, 0.3) is 0 Å². The van der Waals surface area contributed by atoms with Gasteiger partial charge in [0.2, 0.25) is 0 Å². The van der Waals surface area contributed by atoms with Crippen LogP contribution >= 0.6 is 11.3 Å². The molecule has 35 heavy (non-hydrogen) atoms. The number of fused-ring (bicyclic) bond motifs is 8. The third kappa shape index (κ3) is 2.57. The van der Waals surface area contributed by atoms with Crippen LogP contribution in [-0.2, 0) is 0 Å². The Morgan fingerprint density at radius 3 is 2.03 bits per heavy atom. The predicted molar refractivity (Wildman–Crippen MR) is 148 cm³/mol. The highest BCUT2D eigenvalue weighted by molar-refractivity contribution is 7.20. The second-order valence-corrected chi connectivity index (χ2v) is 9.87. The number of rotatable bonds is 2. The van der Waals surface area contributed by atoms with E-state index in [0.29, 0.717) is 0 Å². The minimum absolute atomic E-state index is 0.999. The molecule has 0 amide bonds. The maximum Gasteiger partial charge on any atom is 0.195 e. The fraction of sp³-hybridized carbons (Fsp3) is 0. The molecule has 4 heteroatoms. The zero-order valence-corrected chi connectivity index (χ0v) is 19.5. The van der Waals surface area contributed by atoms with Gasteiger partial charge in [-0.1, -0.05) is 84.1 Å². The van der Waals surface area contributed by atoms with Crippen LogP contribution in [0.5, 0.6) is 0 Å². The van der Waals surface area contributed by atoms with Crippen LogP contribution in [0.3, 0.4) is 0 Å². The first-order valence-corrected chi connectivity index (χ1v) is 12.6. The van der Waals surface area contributed by atoms with E-state index in [1.54, 1.807) is 11.3 Å². The lowest BCUT2D eigenvalue weighted by molar-refractivity contribution is 1.15. The molecule has 5 aromatic carbocycles. The first-order valence-electron chi connectivity index (χ1n) is 11.8. The van der Waals surface area contributed by atoms with E-state index in [1.165, 1.54) is 54.0 Å². The molecule has 0 aliphatic carbocycles. The average molecular weight is 466 g/mol. The van der Waals surface area contributed by atoms with Gasteiger partial charge in [0.15, 0.2) is 5.13 Å². The molecule has 0 bridgehead atoms. The molecule has 8 rings (SSSR count). The van der Waals surface area contributed by atoms with Gasteiger partial charge >= 0.3 is 0 Å². The Morgan fingerprint density at radius 2 is 1.20 bits per heavy atom. The maximum atomic E-state index is 5.03. The van der Waals surface area contributed by atoms with Gasteiger partial charge in [0, 0.05) is 27.2 Å². The molecule has 0 aliphatic rings. The van der Waals surface area contributed by atoms with Gasteiger partial charge in [-0.05, 0) is 42.5 Å². The molecular formula is C31H19N3S. The molecule has 0 unspecified atom stereocenters. The van der Waals surface area contributed by atoms with E-state index in [0.717, 1.165) is 10.6 Å². The van der Waals surface area contributed by atoms with E-state index < -0.39 is 0 Å². The summed E-state index contributed by atoms with van der Waals surface area (Å²) in [5, 5.41) is 6.04. The number of aromatic nitrogens is 3. The lowest BCUT2D eigenvalue weighted by Crippen LogP contribution is -1.94. The largest absolute Gasteiger partial charge is 0.309 e. The number of thiazole rings is 1. The molecular weight excluding hydrogens is 446 g/mol. The molecule has 0 saturated carbocycles. The van der Waals surface area contributed by atoms with Crippen molar-refractivity contribution in [3.05, 3.63) is 115 Å². The Balaban J connectivity index is 1.61. The van der Waals surface area contributed by atoms with E-state index >= 15 is 0 Å². The molecule has 3 aromatic heterocycles. The molecule has 0 saturated heterocycles. The fourth-order valence-electron chi connectivity index (χ4n) is 5.52. The maximum absolute atomic E-state index is 5.03. The lowest BCUT2D eigenvalue weighted by Gasteiger charge is -2.09. The Bertz CT molecular complexity index is 2030. The van der Waals surface area contributed by atoms with Crippen LogP contribution in [0.15, 0.2) is 115 Å². The first-order chi connectivity index (χ1) is 17.4. The molecule has 0 atom stereocenters. The Morgan fingerprint density at radius 1 is 0.514 bits per heavy atom. The second-order valence-electron chi connectivity index (χ2n) is 8.86. The summed E-state index contributed by atoms with van der Waals surface area (Å²) in [5.74, 6) is 0. The number of benzene rings is 5. The van der Waals surface area contributed by atoms with Crippen LogP contribution in [0, 0.1) is 0 Å². The summed E-state index contributed by atoms with van der Waals surface area (Å²) >= 11 is 1.74. The SMILES string of the molecule is c1ccc(-n2c3ccccc3c3ccc4c(c5ccccc5n4-c4nc5ccccc5s4)c32)cc1. The minimum Gasteiger partial charge on any atom is -0.309 e. The topological polar surface area (TPSA) is 22.8 Å². The number of hydrogen-bond acceptors (Lipinski definition) is 2. The first kappa shape index (κ1) is 19.0. The molecule has 0 fully saturated rings. The summed E-state index contributed by atoms with van der Waals surface area (Å²) in [6.45, 7) is 0. The van der Waals surface area contributed by atoms with Crippen molar-refractivity contribution in [2.45, 2.75) is 0 Å². The van der Waals surface area contributed by atoms with Crippen LogP contribution in [0.4, 0.5) is 0 Å². The number of nitrogens with zero attached hydrogens (tertiary/aromatic N) is 3.